The molecule has 0 radical (unpaired) electrons. The molecule has 0 unspecified atom stereocenters. The fraction of sp³-hybridized carbons (Fsp3) is 0.235. The number of amides is 1. The third-order valence-corrected chi connectivity index (χ3v) is 3.85. The Kier molecular flexibility index (Phi) is 4.78. The van der Waals surface area contributed by atoms with Gasteiger partial charge >= 0.3 is 0 Å². The van der Waals surface area contributed by atoms with Gasteiger partial charge in [-0.2, -0.15) is 5.10 Å². The first-order valence-corrected chi connectivity index (χ1v) is 8.05. The first kappa shape index (κ1) is 17.3. The lowest BCUT2D eigenvalue weighted by Crippen LogP contribution is -2.29. The maximum Gasteiger partial charge on any atom is 0.292 e. The molecule has 1 aromatic carbocycles. The van der Waals surface area contributed by atoms with Crippen LogP contribution in [0.3, 0.4) is 0 Å². The number of aromatic nitrogens is 3. The summed E-state index contributed by atoms with van der Waals surface area (Å²) in [4.78, 5) is 27.3. The Morgan fingerprint density at radius 3 is 2.81 bits per heavy atom. The van der Waals surface area contributed by atoms with Gasteiger partial charge in [0.05, 0.1) is 11.1 Å². The molecule has 0 aliphatic rings. The summed E-state index contributed by atoms with van der Waals surface area (Å²) in [6, 6.07) is 8.26. The Bertz CT molecular complexity index is 982. The van der Waals surface area contributed by atoms with Crippen LogP contribution in [-0.4, -0.2) is 38.5 Å². The number of nitro benzene ring substituents is 1. The van der Waals surface area contributed by atoms with Crippen LogP contribution < -0.4 is 10.6 Å². The van der Waals surface area contributed by atoms with Gasteiger partial charge in [0.15, 0.2) is 5.65 Å². The van der Waals surface area contributed by atoms with E-state index in [1.54, 1.807) is 22.7 Å². The zero-order chi connectivity index (χ0) is 18.7. The highest BCUT2D eigenvalue weighted by molar-refractivity contribution is 5.99. The van der Waals surface area contributed by atoms with Crippen LogP contribution in [-0.2, 0) is 0 Å². The lowest BCUT2D eigenvalue weighted by Gasteiger charge is -2.08. The number of nitrogens with one attached hydrogen (secondary N) is 2. The molecule has 134 valence electrons. The van der Waals surface area contributed by atoms with Crippen molar-refractivity contribution in [2.24, 2.45) is 0 Å². The molecule has 0 saturated carbocycles. The van der Waals surface area contributed by atoms with Gasteiger partial charge in [-0.1, -0.05) is 12.1 Å². The second kappa shape index (κ2) is 7.18. The van der Waals surface area contributed by atoms with Crippen LogP contribution in [0.1, 0.15) is 21.7 Å². The summed E-state index contributed by atoms with van der Waals surface area (Å²) in [7, 11) is 0. The minimum Gasteiger partial charge on any atom is -0.378 e. The van der Waals surface area contributed by atoms with Crippen molar-refractivity contribution in [1.82, 2.24) is 19.9 Å². The van der Waals surface area contributed by atoms with Gasteiger partial charge in [-0.05, 0) is 26.0 Å². The highest BCUT2D eigenvalue weighted by Gasteiger charge is 2.15. The number of carbonyl (C=O) groups excluding carboxylic acids is 1. The molecule has 2 heterocycles. The molecule has 0 bridgehead atoms. The largest absolute Gasteiger partial charge is 0.378 e. The lowest BCUT2D eigenvalue weighted by atomic mass is 10.2. The molecule has 0 fully saturated rings. The fourth-order valence-corrected chi connectivity index (χ4v) is 2.68. The van der Waals surface area contributed by atoms with Crippen LogP contribution in [0.5, 0.6) is 0 Å². The number of hydrogen-bond donors (Lipinski definition) is 2. The number of rotatable bonds is 6. The highest BCUT2D eigenvalue weighted by atomic mass is 16.6. The normalized spacial score (nSPS) is 10.7. The monoisotopic (exact) mass is 354 g/mol. The molecular formula is C17H18N6O3. The van der Waals surface area contributed by atoms with Crippen LogP contribution in [0, 0.1) is 24.0 Å². The highest BCUT2D eigenvalue weighted by Crippen LogP contribution is 2.22. The van der Waals surface area contributed by atoms with E-state index in [1.807, 2.05) is 19.9 Å². The van der Waals surface area contributed by atoms with E-state index in [-0.39, 0.29) is 11.6 Å². The van der Waals surface area contributed by atoms with E-state index in [0.29, 0.717) is 30.0 Å². The van der Waals surface area contributed by atoms with Crippen molar-refractivity contribution in [1.29, 1.82) is 0 Å². The minimum absolute atomic E-state index is 0.00314. The van der Waals surface area contributed by atoms with E-state index in [2.05, 4.69) is 20.7 Å². The first-order valence-electron chi connectivity index (χ1n) is 8.05. The summed E-state index contributed by atoms with van der Waals surface area (Å²) in [5, 5.41) is 20.9. The van der Waals surface area contributed by atoms with Crippen molar-refractivity contribution in [3.05, 3.63) is 63.6 Å². The summed E-state index contributed by atoms with van der Waals surface area (Å²) in [6.07, 6.45) is 1.49. The topological polar surface area (TPSA) is 114 Å². The van der Waals surface area contributed by atoms with E-state index in [1.165, 1.54) is 12.3 Å². The number of hydrogen-bond acceptors (Lipinski definition) is 6. The van der Waals surface area contributed by atoms with Crippen molar-refractivity contribution < 1.29 is 9.72 Å². The molecule has 0 aliphatic heterocycles. The SMILES string of the molecule is Cc1cc(C)n2ncc(C(=O)NCCNc3ccccc3[N+](=O)[O-])c2n1. The smallest absolute Gasteiger partial charge is 0.292 e. The van der Waals surface area contributed by atoms with Gasteiger partial charge in [0, 0.05) is 30.5 Å². The van der Waals surface area contributed by atoms with E-state index >= 15 is 0 Å². The molecule has 2 N–H and O–H groups in total. The van der Waals surface area contributed by atoms with Gasteiger partial charge in [0.2, 0.25) is 0 Å². The molecule has 9 heteroatoms. The van der Waals surface area contributed by atoms with Crippen molar-refractivity contribution >= 4 is 22.9 Å². The predicted octanol–water partition coefficient (Wildman–Crippen LogP) is 2.10. The zero-order valence-corrected chi connectivity index (χ0v) is 14.4. The van der Waals surface area contributed by atoms with Gasteiger partial charge in [0.1, 0.15) is 11.3 Å². The number of para-hydroxylation sites is 2. The summed E-state index contributed by atoms with van der Waals surface area (Å²) in [5.41, 5.74) is 3.01. The zero-order valence-electron chi connectivity index (χ0n) is 14.4. The summed E-state index contributed by atoms with van der Waals surface area (Å²) in [6.45, 7) is 4.40. The summed E-state index contributed by atoms with van der Waals surface area (Å²) >= 11 is 0. The molecule has 26 heavy (non-hydrogen) atoms. The predicted molar refractivity (Wildman–Crippen MR) is 96.4 cm³/mol. The Balaban J connectivity index is 1.63. The van der Waals surface area contributed by atoms with Crippen molar-refractivity contribution in [2.75, 3.05) is 18.4 Å². The molecule has 9 nitrogen and oxygen atoms in total. The van der Waals surface area contributed by atoms with Crippen LogP contribution >= 0.6 is 0 Å². The Labute approximate surface area is 149 Å². The number of carbonyl (C=O) groups is 1. The quantitative estimate of drug-likeness (QED) is 0.398. The van der Waals surface area contributed by atoms with Crippen LogP contribution in [0.4, 0.5) is 11.4 Å². The number of nitrogens with zero attached hydrogens (tertiary/aromatic N) is 4. The summed E-state index contributed by atoms with van der Waals surface area (Å²) in [5.74, 6) is -0.290. The average molecular weight is 354 g/mol. The number of fused-ring (bicyclic) bond motifs is 1. The molecule has 0 atom stereocenters. The number of benzene rings is 1. The number of nitro groups is 1. The Hall–Kier alpha value is -3.49. The molecule has 3 aromatic rings. The number of anilines is 1. The van der Waals surface area contributed by atoms with Crippen molar-refractivity contribution in [3.8, 4) is 0 Å². The van der Waals surface area contributed by atoms with Gasteiger partial charge in [-0.25, -0.2) is 9.50 Å². The Morgan fingerprint density at radius 1 is 1.27 bits per heavy atom. The molecule has 0 saturated heterocycles. The first-order chi connectivity index (χ1) is 12.5. The van der Waals surface area contributed by atoms with E-state index in [0.717, 1.165) is 11.4 Å². The summed E-state index contributed by atoms with van der Waals surface area (Å²) < 4.78 is 1.62. The van der Waals surface area contributed by atoms with Gasteiger partial charge < -0.3 is 10.6 Å². The van der Waals surface area contributed by atoms with Crippen LogP contribution in [0.2, 0.25) is 0 Å². The van der Waals surface area contributed by atoms with Crippen molar-refractivity contribution in [2.45, 2.75) is 13.8 Å². The van der Waals surface area contributed by atoms with E-state index in [4.69, 9.17) is 0 Å². The minimum atomic E-state index is -0.448. The second-order valence-corrected chi connectivity index (χ2v) is 5.79. The molecule has 0 aliphatic carbocycles. The fourth-order valence-electron chi connectivity index (χ4n) is 2.68. The molecule has 3 rings (SSSR count). The number of aryl methyl sites for hydroxylation is 2. The lowest BCUT2D eigenvalue weighted by molar-refractivity contribution is -0.384. The van der Waals surface area contributed by atoms with Gasteiger partial charge in [-0.3, -0.25) is 14.9 Å². The molecular weight excluding hydrogens is 336 g/mol. The third kappa shape index (κ3) is 3.46. The standard InChI is InChI=1S/C17H18N6O3/c1-11-9-12(2)22-16(21-11)13(10-20-22)17(24)19-8-7-18-14-5-3-4-6-15(14)23(25)26/h3-6,9-10,18H,7-8H2,1-2H3,(H,19,24). The maximum atomic E-state index is 12.4. The maximum absolute atomic E-state index is 12.4. The Morgan fingerprint density at radius 2 is 2.04 bits per heavy atom. The van der Waals surface area contributed by atoms with Crippen LogP contribution in [0.25, 0.3) is 5.65 Å². The van der Waals surface area contributed by atoms with Crippen LogP contribution in [0.15, 0.2) is 36.5 Å². The molecule has 2 aromatic heterocycles. The van der Waals surface area contributed by atoms with Gasteiger partial charge in [-0.15, -0.1) is 0 Å². The van der Waals surface area contributed by atoms with E-state index in [9.17, 15) is 14.9 Å². The molecule has 1 amide bonds. The van der Waals surface area contributed by atoms with Gasteiger partial charge in [0.25, 0.3) is 11.6 Å². The van der Waals surface area contributed by atoms with Crippen molar-refractivity contribution in [3.63, 3.8) is 0 Å². The third-order valence-electron chi connectivity index (χ3n) is 3.85. The molecule has 0 spiro atoms. The average Bonchev–Trinajstić information content (AvgIpc) is 3.03. The van der Waals surface area contributed by atoms with E-state index < -0.39 is 4.92 Å². The second-order valence-electron chi connectivity index (χ2n) is 5.79.